The van der Waals surface area contributed by atoms with Crippen molar-refractivity contribution in [3.63, 3.8) is 0 Å². The molecule has 3 heteroatoms. The third-order valence-electron chi connectivity index (χ3n) is 2.44. The van der Waals surface area contributed by atoms with Gasteiger partial charge in [-0.2, -0.15) is 0 Å². The lowest BCUT2D eigenvalue weighted by Crippen LogP contribution is -2.04. The highest BCUT2D eigenvalue weighted by atomic mass is 35.5. The van der Waals surface area contributed by atoms with Gasteiger partial charge in [0.1, 0.15) is 0 Å². The van der Waals surface area contributed by atoms with Gasteiger partial charge in [-0.3, -0.25) is 0 Å². The number of hydrogen-bond acceptors (Lipinski definition) is 2. The minimum atomic E-state index is 0.0835. The minimum absolute atomic E-state index is 0.0835. The van der Waals surface area contributed by atoms with Gasteiger partial charge in [-0.1, -0.05) is 41.6 Å². The fourth-order valence-corrected chi connectivity index (χ4v) is 2.64. The molecule has 0 aromatic heterocycles. The molecule has 0 aliphatic rings. The summed E-state index contributed by atoms with van der Waals surface area (Å²) in [7, 11) is 0. The maximum Gasteiger partial charge on any atom is 0.0417 e. The first-order chi connectivity index (χ1) is 8.15. The Morgan fingerprint density at radius 1 is 1.06 bits per heavy atom. The van der Waals surface area contributed by atoms with E-state index in [0.717, 1.165) is 15.5 Å². The molecule has 0 saturated carbocycles. The molecule has 0 bridgehead atoms. The Kier molecular flexibility index (Phi) is 4.11. The topological polar surface area (TPSA) is 26.0 Å². The predicted octanol–water partition coefficient (Wildman–Crippen LogP) is 4.51. The van der Waals surface area contributed by atoms with Crippen molar-refractivity contribution >= 4 is 23.4 Å². The second-order valence-electron chi connectivity index (χ2n) is 3.92. The van der Waals surface area contributed by atoms with Crippen molar-refractivity contribution < 1.29 is 0 Å². The molecule has 0 heterocycles. The van der Waals surface area contributed by atoms with Gasteiger partial charge in [-0.05, 0) is 42.8 Å². The molecule has 2 aromatic carbocycles. The fraction of sp³-hybridized carbons (Fsp3) is 0.143. The van der Waals surface area contributed by atoms with E-state index in [1.807, 2.05) is 25.1 Å². The van der Waals surface area contributed by atoms with Gasteiger partial charge >= 0.3 is 0 Å². The van der Waals surface area contributed by atoms with Gasteiger partial charge in [0, 0.05) is 20.9 Å². The minimum Gasteiger partial charge on any atom is -0.324 e. The van der Waals surface area contributed by atoms with Crippen LogP contribution in [0, 0.1) is 0 Å². The van der Waals surface area contributed by atoms with Crippen LogP contribution in [-0.4, -0.2) is 0 Å². The highest BCUT2D eigenvalue weighted by molar-refractivity contribution is 7.99. The van der Waals surface area contributed by atoms with Crippen molar-refractivity contribution in [1.29, 1.82) is 0 Å². The molecule has 0 fully saturated rings. The molecule has 0 aliphatic carbocycles. The molecule has 2 aromatic rings. The van der Waals surface area contributed by atoms with E-state index >= 15 is 0 Å². The molecule has 0 aliphatic heterocycles. The molecule has 0 amide bonds. The smallest absolute Gasteiger partial charge is 0.0417 e. The second-order valence-corrected chi connectivity index (χ2v) is 5.50. The van der Waals surface area contributed by atoms with Crippen molar-refractivity contribution in [2.24, 2.45) is 5.73 Å². The second kappa shape index (κ2) is 5.58. The molecule has 0 saturated heterocycles. The first-order valence-corrected chi connectivity index (χ1v) is 6.63. The largest absolute Gasteiger partial charge is 0.324 e. The Labute approximate surface area is 111 Å². The Morgan fingerprint density at radius 2 is 1.76 bits per heavy atom. The zero-order valence-corrected chi connectivity index (χ0v) is 11.1. The average Bonchev–Trinajstić information content (AvgIpc) is 2.29. The summed E-state index contributed by atoms with van der Waals surface area (Å²) in [6.45, 7) is 1.99. The summed E-state index contributed by atoms with van der Waals surface area (Å²) < 4.78 is 0. The van der Waals surface area contributed by atoms with Gasteiger partial charge < -0.3 is 5.73 Å². The predicted molar refractivity (Wildman–Crippen MR) is 74.6 cm³/mol. The summed E-state index contributed by atoms with van der Waals surface area (Å²) >= 11 is 7.64. The molecule has 0 spiro atoms. The van der Waals surface area contributed by atoms with Crippen molar-refractivity contribution in [3.8, 4) is 0 Å². The van der Waals surface area contributed by atoms with Gasteiger partial charge in [0.25, 0.3) is 0 Å². The lowest BCUT2D eigenvalue weighted by molar-refractivity contribution is 0.817. The van der Waals surface area contributed by atoms with Crippen LogP contribution in [0.3, 0.4) is 0 Å². The fourth-order valence-electron chi connectivity index (χ4n) is 1.51. The van der Waals surface area contributed by atoms with Gasteiger partial charge in [0.2, 0.25) is 0 Å². The summed E-state index contributed by atoms with van der Waals surface area (Å²) in [5.41, 5.74) is 6.97. The molecule has 2 N–H and O–H groups in total. The third kappa shape index (κ3) is 3.50. The molecule has 1 atom stereocenters. The SMILES string of the molecule is C[C@H](N)c1ccc(Sc2cccc(Cl)c2)cc1. The number of hydrogen-bond donors (Lipinski definition) is 1. The van der Waals surface area contributed by atoms with Crippen LogP contribution >= 0.6 is 23.4 Å². The Hall–Kier alpha value is -0.960. The van der Waals surface area contributed by atoms with E-state index in [0.29, 0.717) is 0 Å². The molecule has 0 unspecified atom stereocenters. The van der Waals surface area contributed by atoms with Gasteiger partial charge in [0.05, 0.1) is 0 Å². The first kappa shape index (κ1) is 12.5. The average molecular weight is 264 g/mol. The van der Waals surface area contributed by atoms with Crippen LogP contribution in [0.5, 0.6) is 0 Å². The summed E-state index contributed by atoms with van der Waals surface area (Å²) in [5.74, 6) is 0. The number of benzene rings is 2. The molecular weight excluding hydrogens is 250 g/mol. The quantitative estimate of drug-likeness (QED) is 0.882. The van der Waals surface area contributed by atoms with Crippen LogP contribution in [0.4, 0.5) is 0 Å². The van der Waals surface area contributed by atoms with Crippen molar-refractivity contribution in [2.45, 2.75) is 22.8 Å². The number of nitrogens with two attached hydrogens (primary N) is 1. The highest BCUT2D eigenvalue weighted by Crippen LogP contribution is 2.29. The zero-order chi connectivity index (χ0) is 12.3. The summed E-state index contributed by atoms with van der Waals surface area (Å²) in [4.78, 5) is 2.34. The van der Waals surface area contributed by atoms with Crippen molar-refractivity contribution in [2.75, 3.05) is 0 Å². The van der Waals surface area contributed by atoms with E-state index in [9.17, 15) is 0 Å². The summed E-state index contributed by atoms with van der Waals surface area (Å²) in [6, 6.07) is 16.2. The van der Waals surface area contributed by atoms with E-state index in [2.05, 4.69) is 30.3 Å². The molecule has 17 heavy (non-hydrogen) atoms. The maximum atomic E-state index is 5.95. The van der Waals surface area contributed by atoms with Crippen molar-refractivity contribution in [1.82, 2.24) is 0 Å². The monoisotopic (exact) mass is 263 g/mol. The maximum absolute atomic E-state index is 5.95. The van der Waals surface area contributed by atoms with E-state index < -0.39 is 0 Å². The van der Waals surface area contributed by atoms with E-state index in [4.69, 9.17) is 17.3 Å². The van der Waals surface area contributed by atoms with Crippen LogP contribution in [0.15, 0.2) is 58.3 Å². The van der Waals surface area contributed by atoms with Crippen LogP contribution in [-0.2, 0) is 0 Å². The number of halogens is 1. The third-order valence-corrected chi connectivity index (χ3v) is 3.67. The summed E-state index contributed by atoms with van der Waals surface area (Å²) in [5, 5.41) is 0.766. The van der Waals surface area contributed by atoms with E-state index in [1.54, 1.807) is 11.8 Å². The van der Waals surface area contributed by atoms with Gasteiger partial charge in [0.15, 0.2) is 0 Å². The van der Waals surface area contributed by atoms with Crippen LogP contribution < -0.4 is 5.73 Å². The van der Waals surface area contributed by atoms with Gasteiger partial charge in [-0.25, -0.2) is 0 Å². The lowest BCUT2D eigenvalue weighted by atomic mass is 10.1. The zero-order valence-electron chi connectivity index (χ0n) is 9.56. The van der Waals surface area contributed by atoms with Gasteiger partial charge in [-0.15, -0.1) is 0 Å². The highest BCUT2D eigenvalue weighted by Gasteiger charge is 2.01. The summed E-state index contributed by atoms with van der Waals surface area (Å²) in [6.07, 6.45) is 0. The molecule has 0 radical (unpaired) electrons. The normalized spacial score (nSPS) is 12.4. The van der Waals surface area contributed by atoms with E-state index in [-0.39, 0.29) is 6.04 Å². The molecule has 88 valence electrons. The van der Waals surface area contributed by atoms with Crippen LogP contribution in [0.25, 0.3) is 0 Å². The van der Waals surface area contributed by atoms with Crippen LogP contribution in [0.2, 0.25) is 5.02 Å². The number of rotatable bonds is 3. The molecular formula is C14H14ClNS. The standard InChI is InChI=1S/C14H14ClNS/c1-10(16)11-5-7-13(8-6-11)17-14-4-2-3-12(15)9-14/h2-10H,16H2,1H3/t10-/m0/s1. The van der Waals surface area contributed by atoms with Crippen molar-refractivity contribution in [3.05, 3.63) is 59.1 Å². The Balaban J connectivity index is 2.14. The Bertz CT molecular complexity index is 494. The van der Waals surface area contributed by atoms with E-state index in [1.165, 1.54) is 4.90 Å². The molecule has 2 rings (SSSR count). The van der Waals surface area contributed by atoms with Crippen LogP contribution in [0.1, 0.15) is 18.5 Å². The molecule has 1 nitrogen and oxygen atoms in total. The Morgan fingerprint density at radius 3 is 2.35 bits per heavy atom. The lowest BCUT2D eigenvalue weighted by Gasteiger charge is -2.07. The first-order valence-electron chi connectivity index (χ1n) is 5.44.